The Balaban J connectivity index is 1.90. The molecule has 1 aromatic carbocycles. The molecule has 1 N–H and O–H groups in total. The van der Waals surface area contributed by atoms with Gasteiger partial charge in [-0.3, -0.25) is 14.2 Å². The highest BCUT2D eigenvalue weighted by Gasteiger charge is 2.19. The van der Waals surface area contributed by atoms with E-state index < -0.39 is 0 Å². The van der Waals surface area contributed by atoms with Crippen LogP contribution in [-0.2, 0) is 11.3 Å². The molecule has 0 bridgehead atoms. The van der Waals surface area contributed by atoms with Crippen LogP contribution < -0.4 is 10.9 Å². The van der Waals surface area contributed by atoms with Crippen LogP contribution in [0.3, 0.4) is 0 Å². The molecule has 1 amide bonds. The summed E-state index contributed by atoms with van der Waals surface area (Å²) in [6.45, 7) is 3.21. The van der Waals surface area contributed by atoms with E-state index in [1.54, 1.807) is 20.1 Å². The maximum absolute atomic E-state index is 12.9. The van der Waals surface area contributed by atoms with E-state index in [9.17, 15) is 9.59 Å². The lowest BCUT2D eigenvalue weighted by atomic mass is 10.2. The van der Waals surface area contributed by atoms with Gasteiger partial charge in [-0.25, -0.2) is 4.98 Å². The number of hydrogen-bond donors (Lipinski definition) is 1. The first-order chi connectivity index (χ1) is 13.0. The lowest BCUT2D eigenvalue weighted by Gasteiger charge is -2.07. The highest BCUT2D eigenvalue weighted by molar-refractivity contribution is 7.20. The van der Waals surface area contributed by atoms with Crippen LogP contribution in [0, 0.1) is 6.92 Å². The van der Waals surface area contributed by atoms with Crippen molar-refractivity contribution in [1.29, 1.82) is 0 Å². The van der Waals surface area contributed by atoms with Crippen molar-refractivity contribution >= 4 is 39.1 Å². The van der Waals surface area contributed by atoms with Crippen molar-refractivity contribution in [3.05, 3.63) is 62.0 Å². The van der Waals surface area contributed by atoms with Crippen molar-refractivity contribution in [2.45, 2.75) is 19.9 Å². The second kappa shape index (κ2) is 8.65. The number of thiophene rings is 1. The smallest absolute Gasteiger partial charge is 0.262 e. The van der Waals surface area contributed by atoms with Gasteiger partial charge in [0.05, 0.1) is 23.1 Å². The van der Waals surface area contributed by atoms with Gasteiger partial charge in [-0.05, 0) is 30.5 Å². The molecule has 3 aromatic rings. The van der Waals surface area contributed by atoms with Gasteiger partial charge >= 0.3 is 0 Å². The monoisotopic (exact) mass is 405 g/mol. The Hall–Kier alpha value is -2.22. The molecule has 3 rings (SSSR count). The number of carbonyl (C=O) groups excluding carboxylic acids is 1. The van der Waals surface area contributed by atoms with Gasteiger partial charge in [0.25, 0.3) is 11.5 Å². The number of rotatable bonds is 7. The number of halogens is 1. The predicted octanol–water partition coefficient (Wildman–Crippen LogP) is 3.23. The van der Waals surface area contributed by atoms with E-state index in [1.165, 1.54) is 22.2 Å². The second-order valence-electron chi connectivity index (χ2n) is 6.11. The Morgan fingerprint density at radius 2 is 2.15 bits per heavy atom. The van der Waals surface area contributed by atoms with Crippen LogP contribution in [0.2, 0.25) is 5.02 Å². The van der Waals surface area contributed by atoms with Gasteiger partial charge in [0, 0.05) is 25.3 Å². The maximum atomic E-state index is 12.9. The summed E-state index contributed by atoms with van der Waals surface area (Å²) in [4.78, 5) is 30.8. The fourth-order valence-electron chi connectivity index (χ4n) is 2.80. The minimum absolute atomic E-state index is 0.174. The fraction of sp³-hybridized carbons (Fsp3) is 0.316. The van der Waals surface area contributed by atoms with E-state index in [-0.39, 0.29) is 11.5 Å². The number of nitrogens with one attached hydrogen (secondary N) is 1. The van der Waals surface area contributed by atoms with Crippen molar-refractivity contribution in [2.75, 3.05) is 20.3 Å². The zero-order valence-electron chi connectivity index (χ0n) is 15.1. The lowest BCUT2D eigenvalue weighted by Crippen LogP contribution is -2.25. The van der Waals surface area contributed by atoms with Crippen molar-refractivity contribution in [1.82, 2.24) is 14.9 Å². The van der Waals surface area contributed by atoms with Crippen molar-refractivity contribution in [3.8, 4) is 0 Å². The maximum Gasteiger partial charge on any atom is 0.262 e. The Morgan fingerprint density at radius 1 is 1.37 bits per heavy atom. The largest absolute Gasteiger partial charge is 0.385 e. The van der Waals surface area contributed by atoms with E-state index in [1.807, 2.05) is 18.2 Å². The van der Waals surface area contributed by atoms with Gasteiger partial charge in [-0.15, -0.1) is 11.3 Å². The van der Waals surface area contributed by atoms with Gasteiger partial charge in [0.2, 0.25) is 0 Å². The van der Waals surface area contributed by atoms with Gasteiger partial charge in [0.1, 0.15) is 4.83 Å². The molecule has 0 unspecified atom stereocenters. The molecule has 0 saturated heterocycles. The molecule has 2 heterocycles. The molecule has 0 radical (unpaired) electrons. The third-order valence-corrected chi connectivity index (χ3v) is 5.80. The van der Waals surface area contributed by atoms with Crippen molar-refractivity contribution in [3.63, 3.8) is 0 Å². The van der Waals surface area contributed by atoms with Crippen LogP contribution in [-0.4, -0.2) is 35.7 Å². The van der Waals surface area contributed by atoms with E-state index in [0.717, 1.165) is 12.0 Å². The number of ether oxygens (including phenoxy) is 1. The standard InChI is InChI=1S/C19H20ClN3O3S/c1-12-15-18(27-16(12)17(24)21-8-5-9-26-2)22-11-23(19(15)25)10-13-6-3-4-7-14(13)20/h3-4,6-7,11H,5,8-10H2,1-2H3,(H,21,24). The number of amides is 1. The van der Waals surface area contributed by atoms with Crippen LogP contribution >= 0.6 is 22.9 Å². The van der Waals surface area contributed by atoms with Crippen LogP contribution in [0.25, 0.3) is 10.2 Å². The number of benzene rings is 1. The lowest BCUT2D eigenvalue weighted by molar-refractivity contribution is 0.0952. The molecule has 0 aliphatic carbocycles. The topological polar surface area (TPSA) is 73.2 Å². The number of fused-ring (bicyclic) bond motifs is 1. The highest BCUT2D eigenvalue weighted by atomic mass is 35.5. The fourth-order valence-corrected chi connectivity index (χ4v) is 4.05. The normalized spacial score (nSPS) is 11.1. The van der Waals surface area contributed by atoms with Gasteiger partial charge in [-0.1, -0.05) is 29.8 Å². The summed E-state index contributed by atoms with van der Waals surface area (Å²) in [6.07, 6.45) is 2.24. The summed E-state index contributed by atoms with van der Waals surface area (Å²) < 4.78 is 6.49. The molecule has 0 aliphatic rings. The molecule has 27 heavy (non-hydrogen) atoms. The van der Waals surface area contributed by atoms with Crippen LogP contribution in [0.4, 0.5) is 0 Å². The Morgan fingerprint density at radius 3 is 2.89 bits per heavy atom. The molecule has 0 fully saturated rings. The first kappa shape index (κ1) is 19.5. The van der Waals surface area contributed by atoms with Crippen molar-refractivity contribution in [2.24, 2.45) is 0 Å². The Labute approximate surface area is 165 Å². The van der Waals surface area contributed by atoms with Gasteiger partial charge in [-0.2, -0.15) is 0 Å². The minimum Gasteiger partial charge on any atom is -0.385 e. The number of carbonyl (C=O) groups is 1. The molecule has 2 aromatic heterocycles. The number of methoxy groups -OCH3 is 1. The summed E-state index contributed by atoms with van der Waals surface area (Å²) in [5.41, 5.74) is 1.32. The summed E-state index contributed by atoms with van der Waals surface area (Å²) >= 11 is 7.43. The molecule has 8 heteroatoms. The number of aromatic nitrogens is 2. The van der Waals surface area contributed by atoms with E-state index in [2.05, 4.69) is 10.3 Å². The average Bonchev–Trinajstić information content (AvgIpc) is 3.00. The molecule has 0 aliphatic heterocycles. The number of hydrogen-bond acceptors (Lipinski definition) is 5. The molecule has 142 valence electrons. The zero-order chi connectivity index (χ0) is 19.4. The number of aryl methyl sites for hydroxylation is 1. The van der Waals surface area contributed by atoms with Gasteiger partial charge in [0.15, 0.2) is 0 Å². The summed E-state index contributed by atoms with van der Waals surface area (Å²) in [7, 11) is 1.62. The summed E-state index contributed by atoms with van der Waals surface area (Å²) in [6, 6.07) is 7.38. The van der Waals surface area contributed by atoms with Crippen LogP contribution in [0.15, 0.2) is 35.4 Å². The molecule has 0 spiro atoms. The molecule has 6 nitrogen and oxygen atoms in total. The third kappa shape index (κ3) is 4.21. The van der Waals surface area contributed by atoms with Crippen LogP contribution in [0.1, 0.15) is 27.2 Å². The number of nitrogens with zero attached hydrogens (tertiary/aromatic N) is 2. The van der Waals surface area contributed by atoms with Crippen molar-refractivity contribution < 1.29 is 9.53 Å². The first-order valence-corrected chi connectivity index (χ1v) is 9.71. The van der Waals surface area contributed by atoms with E-state index >= 15 is 0 Å². The van der Waals surface area contributed by atoms with E-state index in [4.69, 9.17) is 16.3 Å². The molecule has 0 atom stereocenters. The summed E-state index contributed by atoms with van der Waals surface area (Å²) in [5, 5.41) is 3.94. The second-order valence-corrected chi connectivity index (χ2v) is 7.51. The quantitative estimate of drug-likeness (QED) is 0.612. The zero-order valence-corrected chi connectivity index (χ0v) is 16.7. The molecule has 0 saturated carbocycles. The first-order valence-electron chi connectivity index (χ1n) is 8.52. The summed E-state index contributed by atoms with van der Waals surface area (Å²) in [5.74, 6) is -0.191. The van der Waals surface area contributed by atoms with Gasteiger partial charge < -0.3 is 10.1 Å². The minimum atomic E-state index is -0.191. The SMILES string of the molecule is COCCCNC(=O)c1sc2ncn(Cc3ccccc3Cl)c(=O)c2c1C. The highest BCUT2D eigenvalue weighted by Crippen LogP contribution is 2.27. The Kier molecular flexibility index (Phi) is 6.26. The predicted molar refractivity (Wildman–Crippen MR) is 108 cm³/mol. The van der Waals surface area contributed by atoms with E-state index in [0.29, 0.717) is 45.4 Å². The van der Waals surface area contributed by atoms with Crippen LogP contribution in [0.5, 0.6) is 0 Å². The molecular formula is C19H20ClN3O3S. The third-order valence-electron chi connectivity index (χ3n) is 4.23. The Bertz CT molecular complexity index is 1030. The average molecular weight is 406 g/mol. The molecular weight excluding hydrogens is 386 g/mol.